The fourth-order valence-corrected chi connectivity index (χ4v) is 1.32. The number of allylic oxidation sites excluding steroid dienone is 3. The van der Waals surface area contributed by atoms with Gasteiger partial charge in [0.15, 0.2) is 0 Å². The highest BCUT2D eigenvalue weighted by Crippen LogP contribution is 2.21. The summed E-state index contributed by atoms with van der Waals surface area (Å²) in [5.74, 6) is -0.877. The lowest BCUT2D eigenvalue weighted by Crippen LogP contribution is -2.20. The summed E-state index contributed by atoms with van der Waals surface area (Å²) in [5.41, 5.74) is 1.35. The largest absolute Gasteiger partial charge is 0.322 e. The minimum atomic E-state index is -0.485. The van der Waals surface area contributed by atoms with E-state index in [0.29, 0.717) is 5.57 Å². The Morgan fingerprint density at radius 1 is 1.36 bits per heavy atom. The summed E-state index contributed by atoms with van der Waals surface area (Å²) in [5, 5.41) is 2.55. The number of rotatable bonds is 0. The highest BCUT2D eigenvalue weighted by molar-refractivity contribution is 6.46. The Balaban J connectivity index is 2.43. The highest BCUT2D eigenvalue weighted by Gasteiger charge is 2.29. The van der Waals surface area contributed by atoms with Crippen LogP contribution in [0, 0.1) is 0 Å². The van der Waals surface area contributed by atoms with Crippen molar-refractivity contribution in [3.8, 4) is 0 Å². The number of amides is 1. The van der Waals surface area contributed by atoms with Crippen LogP contribution in [-0.4, -0.2) is 11.7 Å². The van der Waals surface area contributed by atoms with E-state index in [9.17, 15) is 9.59 Å². The first-order chi connectivity index (χ1) is 5.29. The molecule has 0 atom stereocenters. The van der Waals surface area contributed by atoms with Gasteiger partial charge in [-0.15, -0.1) is 0 Å². The Hall–Kier alpha value is -1.38. The number of nitrogens with one attached hydrogen (secondary N) is 1. The Morgan fingerprint density at radius 2 is 2.18 bits per heavy atom. The number of carbonyl (C=O) groups is 2. The number of hydrogen-bond donors (Lipinski definition) is 1. The van der Waals surface area contributed by atoms with E-state index < -0.39 is 11.7 Å². The number of carbonyl (C=O) groups excluding carboxylic acids is 2. The van der Waals surface area contributed by atoms with Gasteiger partial charge >= 0.3 is 0 Å². The predicted molar refractivity (Wildman–Crippen MR) is 38.5 cm³/mol. The second kappa shape index (κ2) is 2.05. The molecule has 0 aromatic carbocycles. The summed E-state index contributed by atoms with van der Waals surface area (Å²) in [6.45, 7) is 0. The molecular formula is C8H7NO2. The van der Waals surface area contributed by atoms with Crippen molar-refractivity contribution in [1.82, 2.24) is 5.32 Å². The van der Waals surface area contributed by atoms with Crippen molar-refractivity contribution in [3.05, 3.63) is 23.4 Å². The highest BCUT2D eigenvalue weighted by atomic mass is 16.2. The number of hydrogen-bond acceptors (Lipinski definition) is 2. The van der Waals surface area contributed by atoms with Crippen molar-refractivity contribution >= 4 is 11.7 Å². The minimum Gasteiger partial charge on any atom is -0.322 e. The van der Waals surface area contributed by atoms with Crippen LogP contribution in [0.15, 0.2) is 23.4 Å². The topological polar surface area (TPSA) is 46.2 Å². The van der Waals surface area contributed by atoms with Crippen LogP contribution < -0.4 is 5.32 Å². The summed E-state index contributed by atoms with van der Waals surface area (Å²) < 4.78 is 0. The van der Waals surface area contributed by atoms with Crippen molar-refractivity contribution in [2.24, 2.45) is 0 Å². The molecule has 0 aromatic heterocycles. The molecule has 0 fully saturated rings. The van der Waals surface area contributed by atoms with Crippen molar-refractivity contribution < 1.29 is 9.59 Å². The van der Waals surface area contributed by atoms with E-state index in [1.54, 1.807) is 6.08 Å². The maximum atomic E-state index is 11.0. The van der Waals surface area contributed by atoms with E-state index >= 15 is 0 Å². The van der Waals surface area contributed by atoms with E-state index in [2.05, 4.69) is 5.32 Å². The molecule has 0 bridgehead atoms. The van der Waals surface area contributed by atoms with Gasteiger partial charge in [0.05, 0.1) is 0 Å². The van der Waals surface area contributed by atoms with Crippen LogP contribution in [0.1, 0.15) is 12.8 Å². The molecule has 2 rings (SSSR count). The van der Waals surface area contributed by atoms with Crippen LogP contribution >= 0.6 is 0 Å². The maximum absolute atomic E-state index is 11.0. The molecular weight excluding hydrogens is 142 g/mol. The molecule has 0 radical (unpaired) electrons. The van der Waals surface area contributed by atoms with Gasteiger partial charge in [-0.1, -0.05) is 12.2 Å². The van der Waals surface area contributed by atoms with Gasteiger partial charge in [0.1, 0.15) is 0 Å². The van der Waals surface area contributed by atoms with E-state index in [-0.39, 0.29) is 0 Å². The zero-order valence-corrected chi connectivity index (χ0v) is 5.89. The summed E-state index contributed by atoms with van der Waals surface area (Å²) >= 11 is 0. The van der Waals surface area contributed by atoms with E-state index in [4.69, 9.17) is 0 Å². The van der Waals surface area contributed by atoms with Crippen LogP contribution in [-0.2, 0) is 9.59 Å². The van der Waals surface area contributed by atoms with Gasteiger partial charge in [0.25, 0.3) is 11.7 Å². The minimum absolute atomic E-state index is 0.393. The molecule has 0 aromatic rings. The molecule has 1 aliphatic carbocycles. The fraction of sp³-hybridized carbons (Fsp3) is 0.250. The Bertz CT molecular complexity index is 299. The van der Waals surface area contributed by atoms with E-state index in [1.165, 1.54) is 0 Å². The van der Waals surface area contributed by atoms with Gasteiger partial charge in [-0.2, -0.15) is 0 Å². The summed E-state index contributed by atoms with van der Waals surface area (Å²) in [6.07, 6.45) is 5.33. The van der Waals surface area contributed by atoms with Gasteiger partial charge in [-0.25, -0.2) is 0 Å². The van der Waals surface area contributed by atoms with Crippen LogP contribution in [0.3, 0.4) is 0 Å². The van der Waals surface area contributed by atoms with Crippen LogP contribution in [0.2, 0.25) is 0 Å². The van der Waals surface area contributed by atoms with Crippen LogP contribution in [0.4, 0.5) is 0 Å². The molecule has 1 N–H and O–H groups in total. The summed E-state index contributed by atoms with van der Waals surface area (Å²) in [4.78, 5) is 21.8. The Labute approximate surface area is 63.8 Å². The molecule has 1 heterocycles. The molecule has 1 aliphatic heterocycles. The molecule has 2 aliphatic rings. The molecule has 11 heavy (non-hydrogen) atoms. The molecule has 0 saturated heterocycles. The smallest absolute Gasteiger partial charge is 0.296 e. The second-order valence-electron chi connectivity index (χ2n) is 2.62. The fourth-order valence-electron chi connectivity index (χ4n) is 1.32. The lowest BCUT2D eigenvalue weighted by molar-refractivity contribution is -0.134. The first kappa shape index (κ1) is 6.34. The quantitative estimate of drug-likeness (QED) is 0.503. The summed E-state index contributed by atoms with van der Waals surface area (Å²) in [6, 6.07) is 0. The van der Waals surface area contributed by atoms with E-state index in [0.717, 1.165) is 18.5 Å². The van der Waals surface area contributed by atoms with Gasteiger partial charge in [0, 0.05) is 11.3 Å². The average molecular weight is 149 g/mol. The third kappa shape index (κ3) is 0.808. The summed E-state index contributed by atoms with van der Waals surface area (Å²) in [7, 11) is 0. The molecule has 3 nitrogen and oxygen atoms in total. The van der Waals surface area contributed by atoms with Gasteiger partial charge in [-0.3, -0.25) is 9.59 Å². The third-order valence-corrected chi connectivity index (χ3v) is 1.89. The standard InChI is InChI=1S/C8H7NO2/c10-7-5-3-1-2-4-6(5)9-8(7)11/h1,3H,2,4H2,(H,9,10,11). The second-order valence-corrected chi connectivity index (χ2v) is 2.62. The Morgan fingerprint density at radius 3 is 2.91 bits per heavy atom. The molecule has 0 unspecified atom stereocenters. The van der Waals surface area contributed by atoms with Crippen LogP contribution in [0.5, 0.6) is 0 Å². The van der Waals surface area contributed by atoms with Crippen molar-refractivity contribution in [2.45, 2.75) is 12.8 Å². The molecule has 56 valence electrons. The monoisotopic (exact) mass is 149 g/mol. The molecule has 0 spiro atoms. The number of ketones is 1. The van der Waals surface area contributed by atoms with Crippen molar-refractivity contribution in [1.29, 1.82) is 0 Å². The third-order valence-electron chi connectivity index (χ3n) is 1.89. The lowest BCUT2D eigenvalue weighted by Gasteiger charge is -2.04. The zero-order chi connectivity index (χ0) is 7.84. The molecule has 0 saturated carbocycles. The SMILES string of the molecule is O=C1NC2=C(C=CCC2)C1=O. The zero-order valence-electron chi connectivity index (χ0n) is 5.89. The van der Waals surface area contributed by atoms with Gasteiger partial charge in [-0.05, 0) is 12.8 Å². The average Bonchev–Trinajstić information content (AvgIpc) is 2.30. The van der Waals surface area contributed by atoms with Crippen molar-refractivity contribution in [2.75, 3.05) is 0 Å². The molecule has 3 heteroatoms. The maximum Gasteiger partial charge on any atom is 0.296 e. The Kier molecular flexibility index (Phi) is 1.18. The molecule has 1 amide bonds. The van der Waals surface area contributed by atoms with Crippen LogP contribution in [0.25, 0.3) is 0 Å². The van der Waals surface area contributed by atoms with E-state index in [1.807, 2.05) is 6.08 Å². The number of Topliss-reactive ketones (excluding diaryl/α,β-unsaturated/α-hetero) is 1. The first-order valence-corrected chi connectivity index (χ1v) is 3.54. The lowest BCUT2D eigenvalue weighted by atomic mass is 10.0. The predicted octanol–water partition coefficient (Wildman–Crippen LogP) is 0.289. The van der Waals surface area contributed by atoms with Gasteiger partial charge in [0.2, 0.25) is 0 Å². The normalized spacial score (nSPS) is 22.2. The van der Waals surface area contributed by atoms with Gasteiger partial charge < -0.3 is 5.32 Å². The first-order valence-electron chi connectivity index (χ1n) is 3.54. The van der Waals surface area contributed by atoms with Crippen molar-refractivity contribution in [3.63, 3.8) is 0 Å².